The molecule has 0 bridgehead atoms. The minimum Gasteiger partial charge on any atom is -0.389 e. The first kappa shape index (κ1) is 22.4. The Labute approximate surface area is 202 Å². The zero-order valence-corrected chi connectivity index (χ0v) is 21.1. The molecule has 0 aliphatic carbocycles. The molecule has 0 unspecified atom stereocenters. The molecule has 0 aliphatic heterocycles. The van der Waals surface area contributed by atoms with Crippen LogP contribution in [0.1, 0.15) is 21.1 Å². The van der Waals surface area contributed by atoms with Gasteiger partial charge in [0.1, 0.15) is 21.0 Å². The maximum atomic E-state index is 13.5. The number of aromatic nitrogens is 4. The highest BCUT2D eigenvalue weighted by atomic mass is 32.1. The summed E-state index contributed by atoms with van der Waals surface area (Å²) in [5.41, 5.74) is 3.92. The van der Waals surface area contributed by atoms with Gasteiger partial charge in [-0.1, -0.05) is 48.3 Å². The molecule has 0 radical (unpaired) electrons. The Morgan fingerprint density at radius 3 is 2.65 bits per heavy atom. The largest absolute Gasteiger partial charge is 0.389 e. The fraction of sp³-hybridized carbons (Fsp3) is 0.200. The number of rotatable bonds is 6. The zero-order chi connectivity index (χ0) is 23.9. The van der Waals surface area contributed by atoms with E-state index in [1.165, 1.54) is 16.5 Å². The molecule has 1 aromatic carbocycles. The molecule has 172 valence electrons. The Kier molecular flexibility index (Phi) is 5.76. The Morgan fingerprint density at radius 2 is 1.91 bits per heavy atom. The van der Waals surface area contributed by atoms with E-state index >= 15 is 0 Å². The number of carbonyl (C=O) groups excluding carboxylic acids is 1. The summed E-state index contributed by atoms with van der Waals surface area (Å²) in [7, 11) is -1.53. The smallest absolute Gasteiger partial charge is 0.272 e. The van der Waals surface area contributed by atoms with Crippen molar-refractivity contribution in [1.82, 2.24) is 19.5 Å². The number of nitrogens with zero attached hydrogens (tertiary/aromatic N) is 4. The Hall–Kier alpha value is -3.40. The van der Waals surface area contributed by atoms with E-state index in [0.29, 0.717) is 28.5 Å². The van der Waals surface area contributed by atoms with Crippen molar-refractivity contribution in [3.05, 3.63) is 77.3 Å². The SMILES string of the molecule is C[Si](C)(C)c1ccc2cc(C(=O)Nc3cnc4sc(CO)nc4c3)n(Cc3ccncc3)c2c1. The fourth-order valence-corrected chi connectivity index (χ4v) is 5.85. The van der Waals surface area contributed by atoms with E-state index in [9.17, 15) is 9.90 Å². The summed E-state index contributed by atoms with van der Waals surface area (Å²) in [5.74, 6) is -0.210. The summed E-state index contributed by atoms with van der Waals surface area (Å²) in [4.78, 5) is 27.1. The minimum atomic E-state index is -1.53. The van der Waals surface area contributed by atoms with Gasteiger partial charge in [-0.3, -0.25) is 9.78 Å². The number of benzene rings is 1. The average Bonchev–Trinajstić information content (AvgIpc) is 3.40. The highest BCUT2D eigenvalue weighted by Crippen LogP contribution is 2.25. The third-order valence-corrected chi connectivity index (χ3v) is 8.78. The number of hydrogen-bond acceptors (Lipinski definition) is 6. The number of amides is 1. The van der Waals surface area contributed by atoms with E-state index in [1.54, 1.807) is 24.7 Å². The highest BCUT2D eigenvalue weighted by Gasteiger charge is 2.21. The van der Waals surface area contributed by atoms with Crippen molar-refractivity contribution < 1.29 is 9.90 Å². The molecule has 0 fully saturated rings. The maximum absolute atomic E-state index is 13.5. The molecule has 34 heavy (non-hydrogen) atoms. The Balaban J connectivity index is 1.55. The summed E-state index contributed by atoms with van der Waals surface area (Å²) in [5, 5.41) is 15.3. The number of carbonyl (C=O) groups is 1. The van der Waals surface area contributed by atoms with E-state index in [-0.39, 0.29) is 12.5 Å². The van der Waals surface area contributed by atoms with Gasteiger partial charge in [-0.05, 0) is 35.9 Å². The number of pyridine rings is 2. The Bertz CT molecular complexity index is 1500. The highest BCUT2D eigenvalue weighted by molar-refractivity contribution is 7.18. The lowest BCUT2D eigenvalue weighted by Gasteiger charge is -2.17. The summed E-state index contributed by atoms with van der Waals surface area (Å²) >= 11 is 1.34. The van der Waals surface area contributed by atoms with E-state index in [1.807, 2.05) is 18.2 Å². The van der Waals surface area contributed by atoms with Crippen LogP contribution in [0.4, 0.5) is 5.69 Å². The summed E-state index contributed by atoms with van der Waals surface area (Å²) in [6, 6.07) is 14.2. The van der Waals surface area contributed by atoms with Gasteiger partial charge < -0.3 is 15.0 Å². The lowest BCUT2D eigenvalue weighted by molar-refractivity contribution is 0.101. The third-order valence-electron chi connectivity index (χ3n) is 5.78. The van der Waals surface area contributed by atoms with Crippen molar-refractivity contribution in [2.24, 2.45) is 0 Å². The Morgan fingerprint density at radius 1 is 1.12 bits per heavy atom. The van der Waals surface area contributed by atoms with Crippen LogP contribution in [-0.2, 0) is 13.2 Å². The second-order valence-corrected chi connectivity index (χ2v) is 15.4. The van der Waals surface area contributed by atoms with Gasteiger partial charge in [0.2, 0.25) is 0 Å². The van der Waals surface area contributed by atoms with Crippen LogP contribution in [0.15, 0.2) is 61.1 Å². The van der Waals surface area contributed by atoms with Gasteiger partial charge >= 0.3 is 0 Å². The van der Waals surface area contributed by atoms with Crippen molar-refractivity contribution in [2.45, 2.75) is 32.8 Å². The van der Waals surface area contributed by atoms with Crippen molar-refractivity contribution >= 4 is 57.4 Å². The van der Waals surface area contributed by atoms with Gasteiger partial charge in [-0.2, -0.15) is 0 Å². The molecule has 5 aromatic rings. The summed E-state index contributed by atoms with van der Waals surface area (Å²) in [6.45, 7) is 7.40. The molecule has 4 heterocycles. The quantitative estimate of drug-likeness (QED) is 0.347. The summed E-state index contributed by atoms with van der Waals surface area (Å²) in [6.07, 6.45) is 5.16. The number of thiazole rings is 1. The van der Waals surface area contributed by atoms with Crippen LogP contribution in [-0.4, -0.2) is 38.6 Å². The molecule has 0 atom stereocenters. The monoisotopic (exact) mass is 487 g/mol. The molecule has 0 spiro atoms. The predicted molar refractivity (Wildman–Crippen MR) is 140 cm³/mol. The van der Waals surface area contributed by atoms with Crippen LogP contribution in [0.25, 0.3) is 21.3 Å². The second-order valence-electron chi connectivity index (χ2n) is 9.26. The summed E-state index contributed by atoms with van der Waals surface area (Å²) < 4.78 is 2.07. The number of fused-ring (bicyclic) bond motifs is 2. The van der Waals surface area contributed by atoms with Gasteiger partial charge in [-0.15, -0.1) is 0 Å². The van der Waals surface area contributed by atoms with Crippen LogP contribution >= 0.6 is 11.3 Å². The average molecular weight is 488 g/mol. The zero-order valence-electron chi connectivity index (χ0n) is 19.2. The van der Waals surface area contributed by atoms with E-state index < -0.39 is 8.07 Å². The van der Waals surface area contributed by atoms with Gasteiger partial charge in [0, 0.05) is 29.8 Å². The molecule has 0 saturated carbocycles. The van der Waals surface area contributed by atoms with Crippen molar-refractivity contribution in [3.63, 3.8) is 0 Å². The van der Waals surface area contributed by atoms with Crippen molar-refractivity contribution in [1.29, 1.82) is 0 Å². The molecule has 1 amide bonds. The lowest BCUT2D eigenvalue weighted by Crippen LogP contribution is -2.37. The van der Waals surface area contributed by atoms with Crippen molar-refractivity contribution in [2.75, 3.05) is 5.32 Å². The van der Waals surface area contributed by atoms with Gasteiger partial charge in [0.15, 0.2) is 0 Å². The van der Waals surface area contributed by atoms with E-state index in [0.717, 1.165) is 21.3 Å². The number of hydrogen-bond donors (Lipinski definition) is 2. The van der Waals surface area contributed by atoms with Crippen LogP contribution in [0.3, 0.4) is 0 Å². The predicted octanol–water partition coefficient (Wildman–Crippen LogP) is 4.38. The molecule has 4 aromatic heterocycles. The number of anilines is 1. The van der Waals surface area contributed by atoms with Crippen LogP contribution < -0.4 is 10.5 Å². The van der Waals surface area contributed by atoms with E-state index in [2.05, 4.69) is 62.7 Å². The van der Waals surface area contributed by atoms with Crippen LogP contribution in [0.2, 0.25) is 19.6 Å². The van der Waals surface area contributed by atoms with E-state index in [4.69, 9.17) is 0 Å². The third kappa shape index (κ3) is 4.37. The van der Waals surface area contributed by atoms with Crippen molar-refractivity contribution in [3.8, 4) is 0 Å². The standard InChI is InChI=1S/C25H25N5O2SSi/c1-34(2,3)19-5-4-17-10-22(30(21(17)12-19)14-16-6-8-26-9-7-16)24(32)28-18-11-20-25(27-13-18)33-23(15-31)29-20/h4-13,31H,14-15H2,1-3H3,(H,28,32). The molecule has 0 aliphatic rings. The number of aliphatic hydroxyl groups is 1. The number of aliphatic hydroxyl groups excluding tert-OH is 1. The topological polar surface area (TPSA) is 92.9 Å². The molecule has 7 nitrogen and oxygen atoms in total. The molecular formula is C25H25N5O2SSi. The molecule has 2 N–H and O–H groups in total. The minimum absolute atomic E-state index is 0.128. The lowest BCUT2D eigenvalue weighted by atomic mass is 10.2. The first-order valence-electron chi connectivity index (χ1n) is 11.0. The van der Waals surface area contributed by atoms with Gasteiger partial charge in [0.25, 0.3) is 5.91 Å². The molecule has 0 saturated heterocycles. The number of nitrogens with one attached hydrogen (secondary N) is 1. The first-order chi connectivity index (χ1) is 16.3. The maximum Gasteiger partial charge on any atom is 0.272 e. The first-order valence-corrected chi connectivity index (χ1v) is 15.3. The van der Waals surface area contributed by atoms with Gasteiger partial charge in [-0.25, -0.2) is 9.97 Å². The normalized spacial score (nSPS) is 11.9. The second kappa shape index (κ2) is 8.75. The molecule has 5 rings (SSSR count). The fourth-order valence-electron chi connectivity index (χ4n) is 3.95. The van der Waals surface area contributed by atoms with Gasteiger partial charge in [0.05, 0.1) is 26.6 Å². The molecule has 9 heteroatoms. The van der Waals surface area contributed by atoms with Crippen LogP contribution in [0.5, 0.6) is 0 Å². The molecular weight excluding hydrogens is 462 g/mol. The van der Waals surface area contributed by atoms with Crippen LogP contribution in [0, 0.1) is 0 Å².